The van der Waals surface area contributed by atoms with Crippen LogP contribution in [-0.2, 0) is 6.61 Å². The third-order valence-corrected chi connectivity index (χ3v) is 5.08. The van der Waals surface area contributed by atoms with E-state index in [4.69, 9.17) is 14.2 Å². The molecule has 0 unspecified atom stereocenters. The molecule has 0 saturated carbocycles. The van der Waals surface area contributed by atoms with E-state index >= 15 is 0 Å². The highest BCUT2D eigenvalue weighted by atomic mass is 79.9. The maximum atomic E-state index is 11.2. The van der Waals surface area contributed by atoms with Gasteiger partial charge in [-0.05, 0) is 30.3 Å². The molecule has 0 aliphatic heterocycles. The van der Waals surface area contributed by atoms with Crippen LogP contribution in [0.3, 0.4) is 0 Å². The summed E-state index contributed by atoms with van der Waals surface area (Å²) in [6.07, 6.45) is 0.772. The minimum Gasteiger partial charge on any atom is -0.493 e. The van der Waals surface area contributed by atoms with Gasteiger partial charge >= 0.3 is 0 Å². The number of ether oxygens (including phenoxy) is 3. The van der Waals surface area contributed by atoms with Gasteiger partial charge in [0.1, 0.15) is 17.4 Å². The van der Waals surface area contributed by atoms with Crippen molar-refractivity contribution in [3.8, 4) is 27.8 Å². The highest BCUT2D eigenvalue weighted by Gasteiger charge is 2.15. The Bertz CT molecular complexity index is 926. The van der Waals surface area contributed by atoms with Crippen LogP contribution in [0.5, 0.6) is 17.2 Å². The molecule has 0 aliphatic rings. The largest absolute Gasteiger partial charge is 0.493 e. The normalized spacial score (nSPS) is 10.4. The highest BCUT2D eigenvalue weighted by molar-refractivity contribution is 9.10. The Morgan fingerprint density at radius 3 is 2.73 bits per heavy atom. The van der Waals surface area contributed by atoms with Gasteiger partial charge in [-0.2, -0.15) is 0 Å². The van der Waals surface area contributed by atoms with E-state index in [2.05, 4.69) is 20.9 Å². The van der Waals surface area contributed by atoms with Crippen LogP contribution >= 0.6 is 27.3 Å². The number of benzene rings is 2. The van der Waals surface area contributed by atoms with Gasteiger partial charge in [0.25, 0.3) is 0 Å². The van der Waals surface area contributed by atoms with Crippen LogP contribution in [0.4, 0.5) is 0 Å². The summed E-state index contributed by atoms with van der Waals surface area (Å²) in [4.78, 5) is 15.8. The van der Waals surface area contributed by atoms with E-state index < -0.39 is 0 Å². The van der Waals surface area contributed by atoms with E-state index in [1.165, 1.54) is 11.3 Å². The number of carbonyl (C=O) groups is 1. The van der Waals surface area contributed by atoms with Crippen LogP contribution in [-0.4, -0.2) is 25.5 Å². The molecule has 0 atom stereocenters. The van der Waals surface area contributed by atoms with Crippen LogP contribution in [0.25, 0.3) is 10.6 Å². The highest BCUT2D eigenvalue weighted by Crippen LogP contribution is 2.39. The first-order valence-electron chi connectivity index (χ1n) is 7.69. The Kier molecular flexibility index (Phi) is 5.90. The fourth-order valence-corrected chi connectivity index (χ4v) is 3.65. The minimum atomic E-state index is 0.269. The number of hydrogen-bond donors (Lipinski definition) is 0. The van der Waals surface area contributed by atoms with E-state index in [0.717, 1.165) is 27.0 Å². The molecule has 0 fully saturated rings. The SMILES string of the molecule is COc1cccc(-c2nc(COc3ccc(Br)cc3C=O)cs2)c1OC. The molecular weight excluding hydrogens is 418 g/mol. The van der Waals surface area contributed by atoms with Gasteiger partial charge in [0.05, 0.1) is 31.0 Å². The van der Waals surface area contributed by atoms with Gasteiger partial charge < -0.3 is 14.2 Å². The van der Waals surface area contributed by atoms with Gasteiger partial charge in [0.15, 0.2) is 17.8 Å². The van der Waals surface area contributed by atoms with Crippen molar-refractivity contribution < 1.29 is 19.0 Å². The van der Waals surface area contributed by atoms with Crippen molar-refractivity contribution in [1.29, 1.82) is 0 Å². The van der Waals surface area contributed by atoms with E-state index in [0.29, 0.717) is 22.8 Å². The monoisotopic (exact) mass is 433 g/mol. The van der Waals surface area contributed by atoms with Crippen molar-refractivity contribution in [1.82, 2.24) is 4.98 Å². The van der Waals surface area contributed by atoms with E-state index in [-0.39, 0.29) is 6.61 Å². The first kappa shape index (κ1) is 18.4. The Morgan fingerprint density at radius 1 is 1.15 bits per heavy atom. The number of halogens is 1. The van der Waals surface area contributed by atoms with E-state index in [1.54, 1.807) is 26.4 Å². The molecular formula is C19H16BrNO4S. The van der Waals surface area contributed by atoms with Crippen molar-refractivity contribution >= 4 is 33.6 Å². The number of thiazole rings is 1. The van der Waals surface area contributed by atoms with Gasteiger partial charge in [0.2, 0.25) is 0 Å². The summed E-state index contributed by atoms with van der Waals surface area (Å²) >= 11 is 4.84. The van der Waals surface area contributed by atoms with Crippen LogP contribution < -0.4 is 14.2 Å². The summed E-state index contributed by atoms with van der Waals surface area (Å²) in [6, 6.07) is 11.0. The van der Waals surface area contributed by atoms with Gasteiger partial charge in [0, 0.05) is 9.85 Å². The second-order valence-electron chi connectivity index (χ2n) is 5.27. The molecule has 1 aromatic heterocycles. The van der Waals surface area contributed by atoms with Crippen LogP contribution in [0.15, 0.2) is 46.3 Å². The summed E-state index contributed by atoms with van der Waals surface area (Å²) in [6.45, 7) is 0.269. The van der Waals surface area contributed by atoms with Gasteiger partial charge in [-0.1, -0.05) is 22.0 Å². The number of rotatable bonds is 7. The average molecular weight is 434 g/mol. The van der Waals surface area contributed by atoms with Crippen molar-refractivity contribution in [3.05, 3.63) is 57.5 Å². The molecule has 5 nitrogen and oxygen atoms in total. The summed E-state index contributed by atoms with van der Waals surface area (Å²) in [7, 11) is 3.21. The first-order valence-corrected chi connectivity index (χ1v) is 9.36. The lowest BCUT2D eigenvalue weighted by Gasteiger charge is -2.10. The van der Waals surface area contributed by atoms with Crippen LogP contribution in [0.1, 0.15) is 16.1 Å². The third-order valence-electron chi connectivity index (χ3n) is 3.66. The zero-order valence-corrected chi connectivity index (χ0v) is 16.6. The van der Waals surface area contributed by atoms with Crippen molar-refractivity contribution in [3.63, 3.8) is 0 Å². The molecule has 134 valence electrons. The van der Waals surface area contributed by atoms with Crippen molar-refractivity contribution in [2.24, 2.45) is 0 Å². The summed E-state index contributed by atoms with van der Waals surface area (Å²) < 4.78 is 17.4. The molecule has 7 heteroatoms. The molecule has 0 saturated heterocycles. The smallest absolute Gasteiger partial charge is 0.170 e. The molecule has 0 amide bonds. The third kappa shape index (κ3) is 3.89. The number of aromatic nitrogens is 1. The Balaban J connectivity index is 1.80. The molecule has 26 heavy (non-hydrogen) atoms. The molecule has 0 bridgehead atoms. The van der Waals surface area contributed by atoms with Crippen LogP contribution in [0.2, 0.25) is 0 Å². The summed E-state index contributed by atoms with van der Waals surface area (Å²) in [5.41, 5.74) is 2.12. The van der Waals surface area contributed by atoms with Gasteiger partial charge in [-0.15, -0.1) is 11.3 Å². The maximum absolute atomic E-state index is 11.2. The fourth-order valence-electron chi connectivity index (χ4n) is 2.45. The predicted octanol–water partition coefficient (Wildman–Crippen LogP) is 4.98. The van der Waals surface area contributed by atoms with E-state index in [1.807, 2.05) is 29.6 Å². The molecule has 0 radical (unpaired) electrons. The number of para-hydroxylation sites is 1. The molecule has 0 aliphatic carbocycles. The first-order chi connectivity index (χ1) is 12.7. The second-order valence-corrected chi connectivity index (χ2v) is 7.05. The lowest BCUT2D eigenvalue weighted by atomic mass is 10.2. The zero-order chi connectivity index (χ0) is 18.5. The topological polar surface area (TPSA) is 57.7 Å². The predicted molar refractivity (Wildman–Crippen MR) is 105 cm³/mol. The maximum Gasteiger partial charge on any atom is 0.170 e. The number of nitrogens with zero attached hydrogens (tertiary/aromatic N) is 1. The Hall–Kier alpha value is -2.38. The Labute approximate surface area is 163 Å². The van der Waals surface area contributed by atoms with Gasteiger partial charge in [-0.25, -0.2) is 4.98 Å². The number of hydrogen-bond acceptors (Lipinski definition) is 6. The standard InChI is InChI=1S/C19H16BrNO4S/c1-23-17-5-3-4-15(18(17)24-2)19-21-14(11-26-19)10-25-16-7-6-13(20)8-12(16)9-22/h3-9,11H,10H2,1-2H3. The summed E-state index contributed by atoms with van der Waals surface area (Å²) in [5.74, 6) is 1.83. The van der Waals surface area contributed by atoms with Crippen molar-refractivity contribution in [2.75, 3.05) is 14.2 Å². The van der Waals surface area contributed by atoms with Gasteiger partial charge in [-0.3, -0.25) is 4.79 Å². The molecule has 3 rings (SSSR count). The molecule has 3 aromatic rings. The number of carbonyl (C=O) groups excluding carboxylic acids is 1. The zero-order valence-electron chi connectivity index (χ0n) is 14.2. The Morgan fingerprint density at radius 2 is 2.00 bits per heavy atom. The number of aldehydes is 1. The average Bonchev–Trinajstić information content (AvgIpc) is 3.14. The molecule has 1 heterocycles. The van der Waals surface area contributed by atoms with Crippen LogP contribution in [0, 0.1) is 0 Å². The summed E-state index contributed by atoms with van der Waals surface area (Å²) in [5, 5.41) is 2.74. The molecule has 0 spiro atoms. The minimum absolute atomic E-state index is 0.269. The molecule has 0 N–H and O–H groups in total. The number of methoxy groups -OCH3 is 2. The lowest BCUT2D eigenvalue weighted by Crippen LogP contribution is -1.99. The fraction of sp³-hybridized carbons (Fsp3) is 0.158. The van der Waals surface area contributed by atoms with E-state index in [9.17, 15) is 4.79 Å². The lowest BCUT2D eigenvalue weighted by molar-refractivity contribution is 0.111. The molecule has 2 aromatic carbocycles. The second kappa shape index (κ2) is 8.33. The van der Waals surface area contributed by atoms with Crippen molar-refractivity contribution in [2.45, 2.75) is 6.61 Å². The quantitative estimate of drug-likeness (QED) is 0.491.